The Bertz CT molecular complexity index is 813. The van der Waals surface area contributed by atoms with Crippen LogP contribution in [0.25, 0.3) is 0 Å². The molecular formula is C23H29N3O2. The van der Waals surface area contributed by atoms with E-state index >= 15 is 0 Å². The highest BCUT2D eigenvalue weighted by atomic mass is 16.5. The van der Waals surface area contributed by atoms with E-state index in [4.69, 9.17) is 4.74 Å². The molecule has 2 aliphatic heterocycles. The topological polar surface area (TPSA) is 53.6 Å². The average Bonchev–Trinajstić information content (AvgIpc) is 3.16. The van der Waals surface area contributed by atoms with Gasteiger partial charge < -0.3 is 20.3 Å². The largest absolute Gasteiger partial charge is 0.368 e. The summed E-state index contributed by atoms with van der Waals surface area (Å²) in [6.45, 7) is 4.16. The summed E-state index contributed by atoms with van der Waals surface area (Å²) in [6.07, 6.45) is 2.55. The maximum absolute atomic E-state index is 12.7. The van der Waals surface area contributed by atoms with E-state index in [9.17, 15) is 4.79 Å². The fraction of sp³-hybridized carbons (Fsp3) is 0.435. The van der Waals surface area contributed by atoms with Gasteiger partial charge in [0.1, 0.15) is 5.60 Å². The number of nitrogens with zero attached hydrogens (tertiary/aromatic N) is 1. The molecule has 28 heavy (non-hydrogen) atoms. The molecule has 4 rings (SSSR count). The van der Waals surface area contributed by atoms with Gasteiger partial charge in [-0.25, -0.2) is 0 Å². The number of carbonyl (C=O) groups is 1. The number of benzene rings is 2. The Hall–Kier alpha value is -2.37. The second-order valence-electron chi connectivity index (χ2n) is 7.75. The molecule has 2 aromatic carbocycles. The number of hydrogen-bond acceptors (Lipinski definition) is 4. The van der Waals surface area contributed by atoms with E-state index in [1.54, 1.807) is 7.11 Å². The van der Waals surface area contributed by atoms with Crippen molar-refractivity contribution in [3.8, 4) is 0 Å². The smallest absolute Gasteiger partial charge is 0.252 e. The van der Waals surface area contributed by atoms with Crippen LogP contribution in [0.4, 0.5) is 5.69 Å². The van der Waals surface area contributed by atoms with Crippen LogP contribution >= 0.6 is 0 Å². The molecule has 0 bridgehead atoms. The molecule has 2 aromatic rings. The second-order valence-corrected chi connectivity index (χ2v) is 7.75. The van der Waals surface area contributed by atoms with Gasteiger partial charge in [0.25, 0.3) is 5.91 Å². The van der Waals surface area contributed by atoms with E-state index in [2.05, 4.69) is 64.1 Å². The molecule has 1 fully saturated rings. The minimum absolute atomic E-state index is 0.00532. The lowest BCUT2D eigenvalue weighted by Crippen LogP contribution is -2.53. The molecule has 0 saturated carbocycles. The Labute approximate surface area is 167 Å². The van der Waals surface area contributed by atoms with Crippen molar-refractivity contribution in [2.75, 3.05) is 31.6 Å². The van der Waals surface area contributed by atoms with E-state index in [1.165, 1.54) is 16.8 Å². The van der Waals surface area contributed by atoms with Gasteiger partial charge in [0, 0.05) is 32.4 Å². The minimum Gasteiger partial charge on any atom is -0.368 e. The first-order valence-electron chi connectivity index (χ1n) is 10.1. The molecule has 0 aliphatic carbocycles. The van der Waals surface area contributed by atoms with Crippen LogP contribution in [0.3, 0.4) is 0 Å². The van der Waals surface area contributed by atoms with Crippen molar-refractivity contribution in [3.63, 3.8) is 0 Å². The standard InChI is InChI=1S/C23H29N3O2/c1-28-23(11-13-24-14-12-23)22(27)25-16-18-6-8-19(9-7-18)17-26-15-10-20-4-2-3-5-21(20)26/h2-9,24H,10-17H2,1H3,(H,25,27). The number of nitrogens with one attached hydrogen (secondary N) is 2. The third-order valence-corrected chi connectivity index (χ3v) is 6.05. The van der Waals surface area contributed by atoms with Crippen molar-refractivity contribution in [2.24, 2.45) is 0 Å². The molecule has 1 saturated heterocycles. The summed E-state index contributed by atoms with van der Waals surface area (Å²) in [6, 6.07) is 17.2. The lowest BCUT2D eigenvalue weighted by molar-refractivity contribution is -0.146. The third-order valence-electron chi connectivity index (χ3n) is 6.05. The van der Waals surface area contributed by atoms with E-state index in [-0.39, 0.29) is 5.91 Å². The number of piperidine rings is 1. The summed E-state index contributed by atoms with van der Waals surface area (Å²) < 4.78 is 5.59. The maximum Gasteiger partial charge on any atom is 0.252 e. The molecular weight excluding hydrogens is 350 g/mol. The fourth-order valence-electron chi connectivity index (χ4n) is 4.25. The molecule has 148 valence electrons. The molecule has 0 spiro atoms. The average molecular weight is 380 g/mol. The predicted octanol–water partition coefficient (Wildman–Crippen LogP) is 2.63. The van der Waals surface area contributed by atoms with Crippen LogP contribution in [-0.2, 0) is 29.0 Å². The molecule has 5 heteroatoms. The van der Waals surface area contributed by atoms with Crippen LogP contribution in [-0.4, -0.2) is 38.3 Å². The van der Waals surface area contributed by atoms with Crippen molar-refractivity contribution in [2.45, 2.75) is 38.0 Å². The first-order chi connectivity index (χ1) is 13.7. The second kappa shape index (κ2) is 8.33. The quantitative estimate of drug-likeness (QED) is 0.810. The molecule has 0 unspecified atom stereocenters. The number of amides is 1. The molecule has 0 atom stereocenters. The lowest BCUT2D eigenvalue weighted by atomic mass is 9.91. The first kappa shape index (κ1) is 19.0. The minimum atomic E-state index is -0.686. The van der Waals surface area contributed by atoms with Gasteiger partial charge in [-0.2, -0.15) is 0 Å². The molecule has 2 N–H and O–H groups in total. The number of anilines is 1. The number of fused-ring (bicyclic) bond motifs is 1. The highest BCUT2D eigenvalue weighted by Crippen LogP contribution is 2.29. The van der Waals surface area contributed by atoms with E-state index in [0.29, 0.717) is 19.4 Å². The molecule has 0 aromatic heterocycles. The Morgan fingerprint density at radius 3 is 2.57 bits per heavy atom. The van der Waals surface area contributed by atoms with Gasteiger partial charge in [0.15, 0.2) is 0 Å². The summed E-state index contributed by atoms with van der Waals surface area (Å²) in [5, 5.41) is 6.34. The molecule has 0 radical (unpaired) electrons. The van der Waals surface area contributed by atoms with Gasteiger partial charge in [0.05, 0.1) is 0 Å². The van der Waals surface area contributed by atoms with Crippen molar-refractivity contribution in [1.29, 1.82) is 0 Å². The van der Waals surface area contributed by atoms with Gasteiger partial charge in [-0.15, -0.1) is 0 Å². The lowest BCUT2D eigenvalue weighted by Gasteiger charge is -2.34. The Kier molecular flexibility index (Phi) is 5.64. The Morgan fingerprint density at radius 1 is 1.11 bits per heavy atom. The molecule has 5 nitrogen and oxygen atoms in total. The van der Waals surface area contributed by atoms with E-state index < -0.39 is 5.60 Å². The number of para-hydroxylation sites is 1. The van der Waals surface area contributed by atoms with Gasteiger partial charge >= 0.3 is 0 Å². The Morgan fingerprint density at radius 2 is 1.82 bits per heavy atom. The Balaban J connectivity index is 1.33. The zero-order valence-corrected chi connectivity index (χ0v) is 16.5. The maximum atomic E-state index is 12.7. The zero-order valence-electron chi connectivity index (χ0n) is 16.5. The van der Waals surface area contributed by atoms with Crippen molar-refractivity contribution in [1.82, 2.24) is 10.6 Å². The summed E-state index contributed by atoms with van der Waals surface area (Å²) in [4.78, 5) is 15.1. The molecule has 2 aliphatic rings. The normalized spacial score (nSPS) is 18.0. The summed E-state index contributed by atoms with van der Waals surface area (Å²) >= 11 is 0. The summed E-state index contributed by atoms with van der Waals surface area (Å²) in [5.41, 5.74) is 4.50. The van der Waals surface area contributed by atoms with E-state index in [0.717, 1.165) is 38.2 Å². The SMILES string of the molecule is COC1(C(=O)NCc2ccc(CN3CCc4ccccc43)cc2)CCNCC1. The highest BCUT2D eigenvalue weighted by Gasteiger charge is 2.39. The van der Waals surface area contributed by atoms with Crippen LogP contribution < -0.4 is 15.5 Å². The predicted molar refractivity (Wildman–Crippen MR) is 111 cm³/mol. The van der Waals surface area contributed by atoms with Gasteiger partial charge in [0.2, 0.25) is 0 Å². The number of ether oxygens (including phenoxy) is 1. The molecule has 2 heterocycles. The third kappa shape index (κ3) is 3.91. The summed E-state index contributed by atoms with van der Waals surface area (Å²) in [7, 11) is 1.64. The number of hydrogen-bond donors (Lipinski definition) is 2. The fourth-order valence-corrected chi connectivity index (χ4v) is 4.25. The van der Waals surface area contributed by atoms with Crippen LogP contribution in [0, 0.1) is 0 Å². The van der Waals surface area contributed by atoms with Gasteiger partial charge in [-0.05, 0) is 55.1 Å². The molecule has 1 amide bonds. The van der Waals surface area contributed by atoms with Crippen molar-refractivity contribution in [3.05, 3.63) is 65.2 Å². The summed E-state index contributed by atoms with van der Waals surface area (Å²) in [5.74, 6) is -0.00532. The van der Waals surface area contributed by atoms with Crippen LogP contribution in [0.15, 0.2) is 48.5 Å². The van der Waals surface area contributed by atoms with Crippen molar-refractivity contribution >= 4 is 11.6 Å². The van der Waals surface area contributed by atoms with Crippen LogP contribution in [0.1, 0.15) is 29.5 Å². The number of carbonyl (C=O) groups excluding carboxylic acids is 1. The van der Waals surface area contributed by atoms with E-state index in [1.807, 2.05) is 0 Å². The monoisotopic (exact) mass is 379 g/mol. The highest BCUT2D eigenvalue weighted by molar-refractivity contribution is 5.85. The number of methoxy groups -OCH3 is 1. The van der Waals surface area contributed by atoms with Crippen LogP contribution in [0.5, 0.6) is 0 Å². The first-order valence-corrected chi connectivity index (χ1v) is 10.1. The zero-order chi connectivity index (χ0) is 19.4. The van der Waals surface area contributed by atoms with Crippen LogP contribution in [0.2, 0.25) is 0 Å². The van der Waals surface area contributed by atoms with Gasteiger partial charge in [-0.1, -0.05) is 42.5 Å². The number of rotatable bonds is 6. The van der Waals surface area contributed by atoms with Gasteiger partial charge in [-0.3, -0.25) is 4.79 Å². The van der Waals surface area contributed by atoms with Crippen molar-refractivity contribution < 1.29 is 9.53 Å².